The fourth-order valence-electron chi connectivity index (χ4n) is 5.06. The van der Waals surface area contributed by atoms with Gasteiger partial charge in [-0.15, -0.1) is 0 Å². The van der Waals surface area contributed by atoms with Crippen LogP contribution in [0.2, 0.25) is 0 Å². The van der Waals surface area contributed by atoms with Crippen molar-refractivity contribution < 1.29 is 22.4 Å². The van der Waals surface area contributed by atoms with Crippen LogP contribution in [-0.2, 0) is 17.8 Å². The van der Waals surface area contributed by atoms with Crippen LogP contribution in [0.15, 0.2) is 59.5 Å². The van der Waals surface area contributed by atoms with E-state index in [9.17, 15) is 27.2 Å². The minimum Gasteiger partial charge on any atom is -0.384 e. The van der Waals surface area contributed by atoms with Crippen molar-refractivity contribution in [1.82, 2.24) is 19.9 Å². The maximum atomic E-state index is 14.8. The van der Waals surface area contributed by atoms with E-state index >= 15 is 0 Å². The number of nitrogens with two attached hydrogens (primary N) is 1. The normalized spacial score (nSPS) is 14.2. The van der Waals surface area contributed by atoms with Crippen molar-refractivity contribution >= 4 is 17.5 Å². The van der Waals surface area contributed by atoms with E-state index in [1.54, 1.807) is 19.1 Å². The summed E-state index contributed by atoms with van der Waals surface area (Å²) in [6, 6.07) is 8.33. The number of anilines is 2. The second-order valence-corrected chi connectivity index (χ2v) is 9.79. The summed E-state index contributed by atoms with van der Waals surface area (Å²) >= 11 is 0. The van der Waals surface area contributed by atoms with E-state index in [0.29, 0.717) is 42.2 Å². The van der Waals surface area contributed by atoms with Crippen LogP contribution >= 0.6 is 0 Å². The van der Waals surface area contributed by atoms with Crippen molar-refractivity contribution in [3.8, 4) is 0 Å². The van der Waals surface area contributed by atoms with Crippen molar-refractivity contribution in [2.45, 2.75) is 38.3 Å². The van der Waals surface area contributed by atoms with Gasteiger partial charge in [0.05, 0.1) is 0 Å². The van der Waals surface area contributed by atoms with Crippen LogP contribution in [0, 0.1) is 30.2 Å². The van der Waals surface area contributed by atoms with Crippen LogP contribution in [0.5, 0.6) is 0 Å². The predicted molar refractivity (Wildman–Crippen MR) is 144 cm³/mol. The second-order valence-electron chi connectivity index (χ2n) is 9.79. The zero-order chi connectivity index (χ0) is 29.3. The molecule has 3 heterocycles. The zero-order valence-electron chi connectivity index (χ0n) is 21.9. The fourth-order valence-corrected chi connectivity index (χ4v) is 5.06. The highest BCUT2D eigenvalue weighted by Crippen LogP contribution is 2.30. The average Bonchev–Trinajstić information content (AvgIpc) is 3.36. The van der Waals surface area contributed by atoms with Gasteiger partial charge >= 0.3 is 0 Å². The number of benzene rings is 2. The number of fused-ring (bicyclic) bond motifs is 1. The number of nitrogens with zero attached hydrogens (tertiary/aromatic N) is 3. The number of amides is 1. The first-order chi connectivity index (χ1) is 19.6. The molecule has 4 N–H and O–H groups in total. The Morgan fingerprint density at radius 1 is 1.05 bits per heavy atom. The number of hydrogen-bond donors (Lipinski definition) is 3. The monoisotopic (exact) mass is 566 g/mol. The molecule has 0 fully saturated rings. The highest BCUT2D eigenvalue weighted by atomic mass is 19.1. The maximum Gasteiger partial charge on any atom is 0.294 e. The summed E-state index contributed by atoms with van der Waals surface area (Å²) in [5.41, 5.74) is 7.01. The van der Waals surface area contributed by atoms with E-state index in [-0.39, 0.29) is 35.9 Å². The molecule has 0 saturated heterocycles. The Morgan fingerprint density at radius 3 is 2.32 bits per heavy atom. The van der Waals surface area contributed by atoms with Crippen LogP contribution in [0.4, 0.5) is 29.2 Å². The lowest BCUT2D eigenvalue weighted by Crippen LogP contribution is -2.36. The number of halogens is 4. The Kier molecular flexibility index (Phi) is 7.73. The molecule has 1 aliphatic heterocycles. The third kappa shape index (κ3) is 5.76. The molecule has 8 nitrogen and oxygen atoms in total. The number of hydrogen-bond acceptors (Lipinski definition) is 6. The molecule has 5 rings (SSSR count). The number of aryl methyl sites for hydroxylation is 2. The minimum absolute atomic E-state index is 0.0598. The fraction of sp³-hybridized carbons (Fsp3) is 0.241. The number of rotatable bonds is 8. The van der Waals surface area contributed by atoms with Crippen LogP contribution < -0.4 is 21.9 Å². The number of nitrogen functional groups attached to an aromatic ring is 1. The molecule has 0 radical (unpaired) electrons. The Labute approximate surface area is 232 Å². The highest BCUT2D eigenvalue weighted by Gasteiger charge is 2.31. The van der Waals surface area contributed by atoms with Crippen molar-refractivity contribution in [3.63, 3.8) is 0 Å². The van der Waals surface area contributed by atoms with E-state index in [2.05, 4.69) is 20.6 Å². The molecular weight excluding hydrogens is 540 g/mol. The van der Waals surface area contributed by atoms with E-state index in [1.165, 1.54) is 22.9 Å². The van der Waals surface area contributed by atoms with Crippen molar-refractivity contribution in [2.24, 2.45) is 0 Å². The highest BCUT2D eigenvalue weighted by molar-refractivity contribution is 5.81. The van der Waals surface area contributed by atoms with Gasteiger partial charge in [-0.2, -0.15) is 0 Å². The molecule has 2 aromatic heterocycles. The summed E-state index contributed by atoms with van der Waals surface area (Å²) in [4.78, 5) is 34.9. The van der Waals surface area contributed by atoms with Gasteiger partial charge in [0.1, 0.15) is 35.1 Å². The van der Waals surface area contributed by atoms with Gasteiger partial charge in [-0.3, -0.25) is 14.2 Å². The summed E-state index contributed by atoms with van der Waals surface area (Å²) in [6.45, 7) is 1.75. The summed E-state index contributed by atoms with van der Waals surface area (Å²) in [5.74, 6) is -4.68. The van der Waals surface area contributed by atoms with E-state index in [4.69, 9.17) is 5.73 Å². The van der Waals surface area contributed by atoms with Gasteiger partial charge in [-0.05, 0) is 54.7 Å². The molecule has 4 aromatic rings. The van der Waals surface area contributed by atoms with Crippen LogP contribution in [0.25, 0.3) is 0 Å². The van der Waals surface area contributed by atoms with E-state index in [0.717, 1.165) is 17.7 Å². The van der Waals surface area contributed by atoms with Crippen molar-refractivity contribution in [3.05, 3.63) is 116 Å². The average molecular weight is 567 g/mol. The molecule has 0 unspecified atom stereocenters. The molecule has 1 aliphatic rings. The lowest BCUT2D eigenvalue weighted by molar-refractivity contribution is -0.124. The van der Waals surface area contributed by atoms with Crippen molar-refractivity contribution in [1.29, 1.82) is 0 Å². The first-order valence-electron chi connectivity index (χ1n) is 12.9. The zero-order valence-corrected chi connectivity index (χ0v) is 21.9. The topological polar surface area (TPSA) is 115 Å². The van der Waals surface area contributed by atoms with Crippen LogP contribution in [0.1, 0.15) is 46.5 Å². The number of aromatic nitrogens is 3. The molecule has 1 amide bonds. The summed E-state index contributed by atoms with van der Waals surface area (Å²) in [5, 5.41) is 5.68. The number of pyridine rings is 1. The van der Waals surface area contributed by atoms with Crippen LogP contribution in [-0.4, -0.2) is 27.0 Å². The minimum atomic E-state index is -1.06. The standard InChI is InChI=1S/C29H26F4N6O2/c1-15-16(2-9-26(34)38-15)12-37-28(40)25-8-5-19-13-35-27(29(41)39(19)25)36-14-22(20-6-3-17(30)10-23(20)32)21-7-4-18(31)11-24(21)33/h2-4,6-7,9-11,13,22,25H,5,8,12,14H2,1H3,(H2,34,38)(H,35,36)(H,37,40)/t25-/m0/s1. The summed E-state index contributed by atoms with van der Waals surface area (Å²) in [6.07, 6.45) is 2.31. The maximum absolute atomic E-state index is 14.8. The van der Waals surface area contributed by atoms with Gasteiger partial charge in [0.2, 0.25) is 5.91 Å². The number of nitrogens with one attached hydrogen (secondary N) is 2. The number of carbonyl (C=O) groups excluding carboxylic acids is 1. The summed E-state index contributed by atoms with van der Waals surface area (Å²) < 4.78 is 58.1. The smallest absolute Gasteiger partial charge is 0.294 e. The first kappa shape index (κ1) is 27.8. The SMILES string of the molecule is Cc1nc(N)ccc1CNC(=O)[C@@H]1CCc2cnc(NCC(c3ccc(F)cc3F)c3ccc(F)cc3F)c(=O)n21. The van der Waals surface area contributed by atoms with Gasteiger partial charge in [0, 0.05) is 48.7 Å². The molecule has 0 aliphatic carbocycles. The van der Waals surface area contributed by atoms with Gasteiger partial charge in [0.15, 0.2) is 5.82 Å². The quantitative estimate of drug-likeness (QED) is 0.277. The lowest BCUT2D eigenvalue weighted by Gasteiger charge is -2.21. The first-order valence-corrected chi connectivity index (χ1v) is 12.9. The lowest BCUT2D eigenvalue weighted by atomic mass is 9.90. The van der Waals surface area contributed by atoms with Gasteiger partial charge in [0.25, 0.3) is 5.56 Å². The third-order valence-electron chi connectivity index (χ3n) is 7.18. The molecule has 1 atom stereocenters. The molecule has 12 heteroatoms. The number of carbonyl (C=O) groups is 1. The molecule has 41 heavy (non-hydrogen) atoms. The Bertz CT molecular complexity index is 1640. The van der Waals surface area contributed by atoms with Crippen LogP contribution in [0.3, 0.4) is 0 Å². The summed E-state index contributed by atoms with van der Waals surface area (Å²) in [7, 11) is 0. The van der Waals surface area contributed by atoms with Gasteiger partial charge in [-0.1, -0.05) is 18.2 Å². The third-order valence-corrected chi connectivity index (χ3v) is 7.18. The van der Waals surface area contributed by atoms with Gasteiger partial charge < -0.3 is 16.4 Å². The Hall–Kier alpha value is -4.74. The predicted octanol–water partition coefficient (Wildman–Crippen LogP) is 4.13. The molecule has 0 spiro atoms. The Morgan fingerprint density at radius 2 is 1.71 bits per heavy atom. The van der Waals surface area contributed by atoms with E-state index in [1.807, 2.05) is 0 Å². The molecule has 0 saturated carbocycles. The van der Waals surface area contributed by atoms with Gasteiger partial charge in [-0.25, -0.2) is 27.5 Å². The Balaban J connectivity index is 1.39. The molecule has 2 aromatic carbocycles. The molecule has 212 valence electrons. The second kappa shape index (κ2) is 11.4. The van der Waals surface area contributed by atoms with E-state index < -0.39 is 40.8 Å². The molecular formula is C29H26F4N6O2. The largest absolute Gasteiger partial charge is 0.384 e. The molecule has 0 bridgehead atoms. The van der Waals surface area contributed by atoms with Crippen molar-refractivity contribution in [2.75, 3.05) is 17.6 Å².